The fourth-order valence-electron chi connectivity index (χ4n) is 2.31. The number of aromatic nitrogens is 1. The van der Waals surface area contributed by atoms with E-state index >= 15 is 0 Å². The van der Waals surface area contributed by atoms with Gasteiger partial charge in [0.2, 0.25) is 0 Å². The van der Waals surface area contributed by atoms with Gasteiger partial charge >= 0.3 is 0 Å². The first-order valence-electron chi connectivity index (χ1n) is 7.39. The zero-order chi connectivity index (χ0) is 17.9. The second-order valence-corrected chi connectivity index (χ2v) is 7.17. The summed E-state index contributed by atoms with van der Waals surface area (Å²) in [5.41, 5.74) is 0.965. The van der Waals surface area contributed by atoms with Gasteiger partial charge in [0, 0.05) is 12.4 Å². The summed E-state index contributed by atoms with van der Waals surface area (Å²) in [6.45, 7) is 0.0131. The summed E-state index contributed by atoms with van der Waals surface area (Å²) >= 11 is 0. The van der Waals surface area contributed by atoms with Crippen LogP contribution >= 0.6 is 0 Å². The van der Waals surface area contributed by atoms with Crippen molar-refractivity contribution in [3.8, 4) is 0 Å². The minimum atomic E-state index is -3.97. The molecule has 0 aliphatic heterocycles. The van der Waals surface area contributed by atoms with E-state index in [1.165, 1.54) is 36.4 Å². The van der Waals surface area contributed by atoms with Crippen molar-refractivity contribution in [1.29, 1.82) is 0 Å². The van der Waals surface area contributed by atoms with Crippen LogP contribution in [0.15, 0.2) is 78.0 Å². The molecule has 0 amide bonds. The Hall–Kier alpha value is -2.80. The quantitative estimate of drug-likeness (QED) is 0.696. The fourth-order valence-corrected chi connectivity index (χ4v) is 3.77. The van der Waals surface area contributed by atoms with Crippen LogP contribution in [0.4, 0.5) is 14.5 Å². The molecular weight excluding hydrogens is 346 g/mol. The Morgan fingerprint density at radius 3 is 2.04 bits per heavy atom. The van der Waals surface area contributed by atoms with Crippen molar-refractivity contribution in [2.75, 3.05) is 4.31 Å². The first kappa shape index (κ1) is 17.0. The van der Waals surface area contributed by atoms with Crippen LogP contribution in [0.2, 0.25) is 0 Å². The molecule has 25 heavy (non-hydrogen) atoms. The van der Waals surface area contributed by atoms with Crippen molar-refractivity contribution in [3.05, 3.63) is 90.3 Å². The number of benzene rings is 2. The summed E-state index contributed by atoms with van der Waals surface area (Å²) in [4.78, 5) is 3.93. The molecule has 1 heterocycles. The normalized spacial score (nSPS) is 11.3. The lowest BCUT2D eigenvalue weighted by Crippen LogP contribution is -2.30. The summed E-state index contributed by atoms with van der Waals surface area (Å²) in [5, 5.41) is 0. The third-order valence-electron chi connectivity index (χ3n) is 3.57. The minimum absolute atomic E-state index is 0.0131. The van der Waals surface area contributed by atoms with Crippen LogP contribution in [-0.4, -0.2) is 13.4 Å². The molecule has 0 N–H and O–H groups in total. The van der Waals surface area contributed by atoms with E-state index in [4.69, 9.17) is 0 Å². The van der Waals surface area contributed by atoms with Crippen molar-refractivity contribution in [1.82, 2.24) is 4.98 Å². The molecule has 0 saturated carbocycles. The van der Waals surface area contributed by atoms with Crippen LogP contribution in [0.1, 0.15) is 5.56 Å². The molecule has 0 aliphatic carbocycles. The van der Waals surface area contributed by atoms with Gasteiger partial charge in [-0.1, -0.05) is 6.07 Å². The molecule has 3 rings (SSSR count). The van der Waals surface area contributed by atoms with Gasteiger partial charge in [0.05, 0.1) is 17.1 Å². The molecule has 7 heteroatoms. The van der Waals surface area contributed by atoms with Gasteiger partial charge in [-0.2, -0.15) is 0 Å². The lowest BCUT2D eigenvalue weighted by molar-refractivity contribution is 0.588. The minimum Gasteiger partial charge on any atom is -0.264 e. The average Bonchev–Trinajstić information content (AvgIpc) is 2.62. The molecule has 1 aromatic heterocycles. The maximum absolute atomic E-state index is 13.2. The van der Waals surface area contributed by atoms with Crippen molar-refractivity contribution < 1.29 is 17.2 Å². The standard InChI is InChI=1S/C18H14F2N2O2S/c19-15-3-7-17(8-4-15)22(13-14-2-1-11-21-12-14)25(23,24)18-9-5-16(20)6-10-18/h1-12H,13H2. The predicted molar refractivity (Wildman–Crippen MR) is 90.4 cm³/mol. The van der Waals surface area contributed by atoms with Gasteiger partial charge in [-0.25, -0.2) is 17.2 Å². The Bertz CT molecular complexity index is 945. The Balaban J connectivity index is 2.06. The summed E-state index contributed by atoms with van der Waals surface area (Å²) in [6.07, 6.45) is 3.14. The van der Waals surface area contributed by atoms with Gasteiger partial charge in [0.25, 0.3) is 10.0 Å². The largest absolute Gasteiger partial charge is 0.264 e. The van der Waals surface area contributed by atoms with Crippen molar-refractivity contribution >= 4 is 15.7 Å². The van der Waals surface area contributed by atoms with Gasteiger partial charge in [-0.05, 0) is 60.2 Å². The molecule has 0 unspecified atom stereocenters. The van der Waals surface area contributed by atoms with Crippen LogP contribution in [0.25, 0.3) is 0 Å². The molecule has 0 radical (unpaired) electrons. The van der Waals surface area contributed by atoms with Crippen molar-refractivity contribution in [3.63, 3.8) is 0 Å². The maximum Gasteiger partial charge on any atom is 0.264 e. The zero-order valence-electron chi connectivity index (χ0n) is 13.0. The first-order valence-corrected chi connectivity index (χ1v) is 8.83. The molecule has 0 fully saturated rings. The molecule has 0 spiro atoms. The van der Waals surface area contributed by atoms with Gasteiger partial charge in [-0.3, -0.25) is 9.29 Å². The molecule has 3 aromatic rings. The van der Waals surface area contributed by atoms with Gasteiger partial charge in [-0.15, -0.1) is 0 Å². The lowest BCUT2D eigenvalue weighted by Gasteiger charge is -2.24. The number of anilines is 1. The molecule has 2 aromatic carbocycles. The van der Waals surface area contributed by atoms with E-state index in [-0.39, 0.29) is 11.4 Å². The highest BCUT2D eigenvalue weighted by Crippen LogP contribution is 2.26. The molecule has 0 saturated heterocycles. The lowest BCUT2D eigenvalue weighted by atomic mass is 10.2. The Kier molecular flexibility index (Phi) is 4.76. The number of halogens is 2. The third kappa shape index (κ3) is 3.83. The number of rotatable bonds is 5. The Morgan fingerprint density at radius 2 is 1.48 bits per heavy atom. The molecule has 4 nitrogen and oxygen atoms in total. The van der Waals surface area contributed by atoms with E-state index in [9.17, 15) is 17.2 Å². The van der Waals surface area contributed by atoms with Gasteiger partial charge in [0.1, 0.15) is 11.6 Å². The van der Waals surface area contributed by atoms with E-state index < -0.39 is 21.7 Å². The number of pyridine rings is 1. The van der Waals surface area contributed by atoms with E-state index in [1.807, 2.05) is 0 Å². The summed E-state index contributed by atoms with van der Waals surface area (Å²) in [5.74, 6) is -0.996. The Labute approximate surface area is 144 Å². The highest BCUT2D eigenvalue weighted by Gasteiger charge is 2.25. The van der Waals surface area contributed by atoms with Crippen LogP contribution < -0.4 is 4.31 Å². The molecule has 0 atom stereocenters. The summed E-state index contributed by atoms with van der Waals surface area (Å²) in [6, 6.07) is 13.1. The highest BCUT2D eigenvalue weighted by atomic mass is 32.2. The topological polar surface area (TPSA) is 50.3 Å². The monoisotopic (exact) mass is 360 g/mol. The molecule has 128 valence electrons. The van der Waals surface area contributed by atoms with Crippen molar-refractivity contribution in [2.24, 2.45) is 0 Å². The van der Waals surface area contributed by atoms with Crippen LogP contribution in [-0.2, 0) is 16.6 Å². The smallest absolute Gasteiger partial charge is 0.264 e. The second kappa shape index (κ2) is 6.98. The molecular formula is C18H14F2N2O2S. The van der Waals surface area contributed by atoms with Gasteiger partial charge in [0.15, 0.2) is 0 Å². The van der Waals surface area contributed by atoms with E-state index in [0.717, 1.165) is 16.4 Å². The number of hydrogen-bond donors (Lipinski definition) is 0. The molecule has 0 aliphatic rings. The van der Waals surface area contributed by atoms with Crippen LogP contribution in [0.5, 0.6) is 0 Å². The van der Waals surface area contributed by atoms with Gasteiger partial charge < -0.3 is 0 Å². The van der Waals surface area contributed by atoms with E-state index in [1.54, 1.807) is 24.5 Å². The predicted octanol–water partition coefficient (Wildman–Crippen LogP) is 3.76. The van der Waals surface area contributed by atoms with E-state index in [0.29, 0.717) is 11.3 Å². The second-order valence-electron chi connectivity index (χ2n) is 5.30. The summed E-state index contributed by atoms with van der Waals surface area (Å²) < 4.78 is 53.5. The number of nitrogens with zero attached hydrogens (tertiary/aromatic N) is 2. The maximum atomic E-state index is 13.2. The number of sulfonamides is 1. The summed E-state index contributed by atoms with van der Waals surface area (Å²) in [7, 11) is -3.97. The third-order valence-corrected chi connectivity index (χ3v) is 5.35. The number of hydrogen-bond acceptors (Lipinski definition) is 3. The fraction of sp³-hybridized carbons (Fsp3) is 0.0556. The first-order chi connectivity index (χ1) is 12.0. The average molecular weight is 360 g/mol. The van der Waals surface area contributed by atoms with Crippen LogP contribution in [0.3, 0.4) is 0 Å². The highest BCUT2D eigenvalue weighted by molar-refractivity contribution is 7.92. The van der Waals surface area contributed by atoms with Crippen LogP contribution in [0, 0.1) is 11.6 Å². The van der Waals surface area contributed by atoms with Crippen molar-refractivity contribution in [2.45, 2.75) is 11.4 Å². The molecule has 0 bridgehead atoms. The Morgan fingerprint density at radius 1 is 0.880 bits per heavy atom. The van der Waals surface area contributed by atoms with E-state index in [2.05, 4.69) is 4.98 Å². The zero-order valence-corrected chi connectivity index (χ0v) is 13.8. The SMILES string of the molecule is O=S(=O)(c1ccc(F)cc1)N(Cc1cccnc1)c1ccc(F)cc1.